The van der Waals surface area contributed by atoms with Gasteiger partial charge in [0.1, 0.15) is 11.6 Å². The maximum absolute atomic E-state index is 9.20. The second-order valence-corrected chi connectivity index (χ2v) is 4.68. The molecule has 0 bridgehead atoms. The number of anilines is 1. The molecule has 1 aliphatic carbocycles. The van der Waals surface area contributed by atoms with E-state index >= 15 is 0 Å². The molecule has 1 heterocycles. The van der Waals surface area contributed by atoms with E-state index in [0.717, 1.165) is 17.3 Å². The van der Waals surface area contributed by atoms with E-state index in [1.807, 2.05) is 23.9 Å². The van der Waals surface area contributed by atoms with Crippen LogP contribution in [0.2, 0.25) is 0 Å². The van der Waals surface area contributed by atoms with Gasteiger partial charge in [0.2, 0.25) is 0 Å². The monoisotopic (exact) mass is 244 g/mol. The lowest BCUT2D eigenvalue weighted by Gasteiger charge is -2.05. The lowest BCUT2D eigenvalue weighted by atomic mass is 10.3. The summed E-state index contributed by atoms with van der Waals surface area (Å²) in [7, 11) is 1.92. The van der Waals surface area contributed by atoms with Gasteiger partial charge in [-0.3, -0.25) is 4.68 Å². The summed E-state index contributed by atoms with van der Waals surface area (Å²) in [5.41, 5.74) is 0.962. The molecule has 0 spiro atoms. The maximum Gasteiger partial charge on any atom is 0.154 e. The minimum absolute atomic E-state index is 0.273. The number of rotatable bonds is 4. The van der Waals surface area contributed by atoms with Crippen molar-refractivity contribution < 1.29 is 5.11 Å². The molecular formula is C13H16N4O. The van der Waals surface area contributed by atoms with Crippen LogP contribution in [-0.2, 0) is 13.6 Å². The van der Waals surface area contributed by atoms with Crippen molar-refractivity contribution in [3.63, 3.8) is 0 Å². The number of aromatic nitrogens is 3. The molecule has 1 aromatic heterocycles. The minimum Gasteiger partial charge on any atom is -0.508 e. The molecule has 2 N–H and O–H groups in total. The van der Waals surface area contributed by atoms with Crippen molar-refractivity contribution in [2.24, 2.45) is 7.05 Å². The van der Waals surface area contributed by atoms with E-state index < -0.39 is 0 Å². The van der Waals surface area contributed by atoms with Crippen LogP contribution < -0.4 is 5.32 Å². The van der Waals surface area contributed by atoms with E-state index in [1.165, 1.54) is 12.8 Å². The van der Waals surface area contributed by atoms with Crippen molar-refractivity contribution in [2.75, 3.05) is 5.32 Å². The van der Waals surface area contributed by atoms with Gasteiger partial charge in [-0.1, -0.05) is 0 Å². The van der Waals surface area contributed by atoms with Gasteiger partial charge in [-0.25, -0.2) is 4.98 Å². The number of hydrogen-bond acceptors (Lipinski definition) is 4. The summed E-state index contributed by atoms with van der Waals surface area (Å²) in [5.74, 6) is 2.76. The molecule has 18 heavy (non-hydrogen) atoms. The Hall–Kier alpha value is -2.04. The number of aryl methyl sites for hydroxylation is 1. The topological polar surface area (TPSA) is 63.0 Å². The van der Waals surface area contributed by atoms with Gasteiger partial charge in [0.05, 0.1) is 6.54 Å². The van der Waals surface area contributed by atoms with Crippen LogP contribution in [0.25, 0.3) is 0 Å². The van der Waals surface area contributed by atoms with Crippen LogP contribution in [0.5, 0.6) is 5.75 Å². The molecule has 0 unspecified atom stereocenters. The molecule has 5 nitrogen and oxygen atoms in total. The van der Waals surface area contributed by atoms with Crippen molar-refractivity contribution in [1.82, 2.24) is 14.8 Å². The Morgan fingerprint density at radius 1 is 1.33 bits per heavy atom. The van der Waals surface area contributed by atoms with Gasteiger partial charge in [0.25, 0.3) is 0 Å². The standard InChI is InChI=1S/C13H16N4O/c1-17-12(15-13(16-17)9-2-3-9)8-14-10-4-6-11(18)7-5-10/h4-7,9,14,18H,2-3,8H2,1H3. The van der Waals surface area contributed by atoms with Crippen molar-refractivity contribution in [3.05, 3.63) is 35.9 Å². The maximum atomic E-state index is 9.20. The fraction of sp³-hybridized carbons (Fsp3) is 0.385. The van der Waals surface area contributed by atoms with E-state index in [4.69, 9.17) is 0 Å². The van der Waals surface area contributed by atoms with Gasteiger partial charge in [-0.15, -0.1) is 0 Å². The average Bonchev–Trinajstić information content (AvgIpc) is 3.14. The molecule has 0 aliphatic heterocycles. The number of nitrogens with zero attached hydrogens (tertiary/aromatic N) is 3. The van der Waals surface area contributed by atoms with E-state index in [-0.39, 0.29) is 5.75 Å². The van der Waals surface area contributed by atoms with E-state index in [1.54, 1.807) is 12.1 Å². The molecule has 5 heteroatoms. The largest absolute Gasteiger partial charge is 0.508 e. The van der Waals surface area contributed by atoms with Gasteiger partial charge in [0, 0.05) is 18.7 Å². The van der Waals surface area contributed by atoms with Crippen LogP contribution in [-0.4, -0.2) is 19.9 Å². The molecule has 0 saturated heterocycles. The second-order valence-electron chi connectivity index (χ2n) is 4.68. The van der Waals surface area contributed by atoms with E-state index in [2.05, 4.69) is 15.4 Å². The van der Waals surface area contributed by atoms with Crippen molar-refractivity contribution in [3.8, 4) is 5.75 Å². The fourth-order valence-electron chi connectivity index (χ4n) is 1.87. The smallest absolute Gasteiger partial charge is 0.154 e. The zero-order chi connectivity index (χ0) is 12.5. The molecule has 2 aromatic rings. The number of phenols is 1. The minimum atomic E-state index is 0.273. The molecule has 1 saturated carbocycles. The lowest BCUT2D eigenvalue weighted by Crippen LogP contribution is -2.06. The van der Waals surface area contributed by atoms with E-state index in [9.17, 15) is 5.11 Å². The molecule has 1 aliphatic rings. The van der Waals surface area contributed by atoms with Crippen molar-refractivity contribution in [1.29, 1.82) is 0 Å². The van der Waals surface area contributed by atoms with Crippen LogP contribution in [0.15, 0.2) is 24.3 Å². The molecule has 1 fully saturated rings. The third-order valence-corrected chi connectivity index (χ3v) is 3.13. The summed E-state index contributed by atoms with van der Waals surface area (Å²) in [5, 5.41) is 16.9. The third kappa shape index (κ3) is 2.30. The first-order valence-corrected chi connectivity index (χ1v) is 6.15. The van der Waals surface area contributed by atoms with Crippen LogP contribution >= 0.6 is 0 Å². The number of phenolic OH excluding ortho intramolecular Hbond substituents is 1. The molecule has 0 amide bonds. The summed E-state index contributed by atoms with van der Waals surface area (Å²) in [6, 6.07) is 7.00. The highest BCUT2D eigenvalue weighted by Gasteiger charge is 2.28. The predicted molar refractivity (Wildman–Crippen MR) is 68.4 cm³/mol. The van der Waals surface area contributed by atoms with Crippen LogP contribution in [0.3, 0.4) is 0 Å². The highest BCUT2D eigenvalue weighted by Crippen LogP contribution is 2.38. The van der Waals surface area contributed by atoms with Gasteiger partial charge in [-0.2, -0.15) is 5.10 Å². The summed E-state index contributed by atoms with van der Waals surface area (Å²) < 4.78 is 1.83. The Bertz CT molecular complexity index is 543. The number of aromatic hydroxyl groups is 1. The zero-order valence-corrected chi connectivity index (χ0v) is 10.3. The second kappa shape index (κ2) is 4.33. The first-order chi connectivity index (χ1) is 8.72. The Kier molecular flexibility index (Phi) is 2.66. The molecule has 3 rings (SSSR count). The highest BCUT2D eigenvalue weighted by atomic mass is 16.3. The lowest BCUT2D eigenvalue weighted by molar-refractivity contribution is 0.475. The normalized spacial score (nSPS) is 14.7. The van der Waals surface area contributed by atoms with Gasteiger partial charge < -0.3 is 10.4 Å². The number of hydrogen-bond donors (Lipinski definition) is 2. The SMILES string of the molecule is Cn1nc(C2CC2)nc1CNc1ccc(O)cc1. The first-order valence-electron chi connectivity index (χ1n) is 6.15. The Morgan fingerprint density at radius 3 is 2.72 bits per heavy atom. The highest BCUT2D eigenvalue weighted by molar-refractivity contribution is 5.45. The first kappa shape index (κ1) is 11.1. The van der Waals surface area contributed by atoms with Gasteiger partial charge in [-0.05, 0) is 37.1 Å². The van der Waals surface area contributed by atoms with Gasteiger partial charge in [0.15, 0.2) is 5.82 Å². The molecule has 0 atom stereocenters. The number of nitrogens with one attached hydrogen (secondary N) is 1. The fourth-order valence-corrected chi connectivity index (χ4v) is 1.87. The predicted octanol–water partition coefficient (Wildman–Crippen LogP) is 2.01. The van der Waals surface area contributed by atoms with Crippen molar-refractivity contribution in [2.45, 2.75) is 25.3 Å². The molecule has 0 radical (unpaired) electrons. The van der Waals surface area contributed by atoms with Crippen LogP contribution in [0.1, 0.15) is 30.4 Å². The molecule has 94 valence electrons. The Morgan fingerprint density at radius 2 is 2.06 bits per heavy atom. The Labute approximate surface area is 105 Å². The summed E-state index contributed by atoms with van der Waals surface area (Å²) >= 11 is 0. The summed E-state index contributed by atoms with van der Waals surface area (Å²) in [4.78, 5) is 4.54. The van der Waals surface area contributed by atoms with Crippen molar-refractivity contribution >= 4 is 5.69 Å². The Balaban J connectivity index is 1.67. The summed E-state index contributed by atoms with van der Waals surface area (Å²) in [6.07, 6.45) is 2.43. The van der Waals surface area contributed by atoms with Crippen LogP contribution in [0.4, 0.5) is 5.69 Å². The molecule has 1 aromatic carbocycles. The quantitative estimate of drug-likeness (QED) is 0.808. The van der Waals surface area contributed by atoms with E-state index in [0.29, 0.717) is 12.5 Å². The zero-order valence-electron chi connectivity index (χ0n) is 10.3. The third-order valence-electron chi connectivity index (χ3n) is 3.13. The average molecular weight is 244 g/mol. The summed E-state index contributed by atoms with van der Waals surface area (Å²) in [6.45, 7) is 0.640. The number of benzene rings is 1. The molecular weight excluding hydrogens is 228 g/mol. The van der Waals surface area contributed by atoms with Crippen LogP contribution in [0, 0.1) is 0 Å². The van der Waals surface area contributed by atoms with Gasteiger partial charge >= 0.3 is 0 Å².